The molecule has 0 saturated heterocycles. The predicted molar refractivity (Wildman–Crippen MR) is 147 cm³/mol. The van der Waals surface area contributed by atoms with Gasteiger partial charge in [-0.25, -0.2) is 0 Å². The van der Waals surface area contributed by atoms with Crippen LogP contribution in [-0.2, 0) is 17.3 Å². The van der Waals surface area contributed by atoms with E-state index in [0.717, 1.165) is 36.6 Å². The number of unbranched alkanes of at least 4 members (excludes halogenated alkanes) is 1. The van der Waals surface area contributed by atoms with Crippen molar-refractivity contribution in [2.45, 2.75) is 107 Å². The fourth-order valence-corrected chi connectivity index (χ4v) is 3.24. The molecule has 1 aromatic heterocycles. The molecule has 0 fully saturated rings. The van der Waals surface area contributed by atoms with Gasteiger partial charge in [0.05, 0.1) is 5.69 Å². The number of carbonyl (C=O) groups is 1. The first kappa shape index (κ1) is 33.5. The number of rotatable bonds is 10. The normalized spacial score (nSPS) is 12.3. The zero-order valence-corrected chi connectivity index (χ0v) is 23.9. The zero-order chi connectivity index (χ0) is 26.4. The van der Waals surface area contributed by atoms with E-state index in [-0.39, 0.29) is 17.8 Å². The van der Waals surface area contributed by atoms with Crippen LogP contribution >= 0.6 is 0 Å². The highest BCUT2D eigenvalue weighted by Gasteiger charge is 2.20. The van der Waals surface area contributed by atoms with Crippen LogP contribution in [0.3, 0.4) is 0 Å². The predicted octanol–water partition coefficient (Wildman–Crippen LogP) is 7.97. The minimum atomic E-state index is 0.0442. The topological polar surface area (TPSA) is 54.6 Å². The molecule has 33 heavy (non-hydrogen) atoms. The van der Waals surface area contributed by atoms with Gasteiger partial charge in [0, 0.05) is 48.7 Å². The number of hydrogen-bond acceptors (Lipinski definition) is 3. The maximum absolute atomic E-state index is 12.3. The van der Waals surface area contributed by atoms with Gasteiger partial charge in [-0.3, -0.25) is 9.79 Å². The smallest absolute Gasteiger partial charge is 0.163 e. The molecule has 192 valence electrons. The molecule has 1 heterocycles. The minimum Gasteiger partial charge on any atom is -0.396 e. The van der Waals surface area contributed by atoms with E-state index >= 15 is 0 Å². The van der Waals surface area contributed by atoms with Gasteiger partial charge in [0.15, 0.2) is 5.78 Å². The summed E-state index contributed by atoms with van der Waals surface area (Å²) in [6, 6.07) is 2.09. The van der Waals surface area contributed by atoms with Gasteiger partial charge in [-0.05, 0) is 43.6 Å². The molecule has 0 aliphatic carbocycles. The first-order chi connectivity index (χ1) is 15.2. The second-order valence-corrected chi connectivity index (χ2v) is 10.7. The summed E-state index contributed by atoms with van der Waals surface area (Å²) >= 11 is 0. The van der Waals surface area contributed by atoms with E-state index in [0.29, 0.717) is 23.8 Å². The van der Waals surface area contributed by atoms with Crippen LogP contribution in [-0.4, -0.2) is 28.3 Å². The Morgan fingerprint density at radius 3 is 2.06 bits per heavy atom. The molecule has 0 amide bonds. The van der Waals surface area contributed by atoms with Crippen LogP contribution in [0.4, 0.5) is 5.69 Å². The summed E-state index contributed by atoms with van der Waals surface area (Å²) in [5, 5.41) is 9.37. The lowest BCUT2D eigenvalue weighted by atomic mass is 9.91. The van der Waals surface area contributed by atoms with E-state index in [1.54, 1.807) is 6.21 Å². The summed E-state index contributed by atoms with van der Waals surface area (Å²) in [4.78, 5) is 16.8. The fourth-order valence-electron chi connectivity index (χ4n) is 3.24. The van der Waals surface area contributed by atoms with Crippen molar-refractivity contribution in [1.29, 1.82) is 0 Å². The Morgan fingerprint density at radius 2 is 1.67 bits per heavy atom. The van der Waals surface area contributed by atoms with Gasteiger partial charge < -0.3 is 9.67 Å². The summed E-state index contributed by atoms with van der Waals surface area (Å²) < 4.78 is 2.16. The number of aliphatic hydroxyl groups excluding tert-OH is 1. The summed E-state index contributed by atoms with van der Waals surface area (Å²) in [5.41, 5.74) is 3.69. The van der Waals surface area contributed by atoms with Crippen molar-refractivity contribution in [1.82, 2.24) is 4.57 Å². The number of aliphatic imine (C=N–C) groups is 1. The summed E-state index contributed by atoms with van der Waals surface area (Å²) in [7, 11) is 2.05. The van der Waals surface area contributed by atoms with E-state index in [9.17, 15) is 9.90 Å². The molecule has 0 bridgehead atoms. The Balaban J connectivity index is 0. The Morgan fingerprint density at radius 1 is 1.15 bits per heavy atom. The van der Waals surface area contributed by atoms with Gasteiger partial charge in [-0.15, -0.1) is 0 Å². The quantitative estimate of drug-likeness (QED) is 0.218. The van der Waals surface area contributed by atoms with Crippen LogP contribution in [0.15, 0.2) is 23.2 Å². The number of ketones is 1. The van der Waals surface area contributed by atoms with Crippen molar-refractivity contribution < 1.29 is 9.90 Å². The van der Waals surface area contributed by atoms with Crippen LogP contribution in [0.5, 0.6) is 0 Å². The molecule has 1 atom stereocenters. The van der Waals surface area contributed by atoms with Crippen LogP contribution < -0.4 is 0 Å². The van der Waals surface area contributed by atoms with Gasteiger partial charge in [0.2, 0.25) is 0 Å². The second-order valence-electron chi connectivity index (χ2n) is 10.7. The molecule has 0 radical (unpaired) electrons. The maximum Gasteiger partial charge on any atom is 0.163 e. The number of allylic oxidation sites excluding steroid dienone is 1. The van der Waals surface area contributed by atoms with E-state index in [4.69, 9.17) is 0 Å². The van der Waals surface area contributed by atoms with Gasteiger partial charge in [-0.2, -0.15) is 0 Å². The Labute approximate surface area is 205 Å². The highest BCUT2D eigenvalue weighted by atomic mass is 16.3. The van der Waals surface area contributed by atoms with Crippen molar-refractivity contribution in [2.75, 3.05) is 6.61 Å². The van der Waals surface area contributed by atoms with Gasteiger partial charge in [0.25, 0.3) is 0 Å². The fraction of sp³-hybridized carbons (Fsp3) is 0.724. The molecular formula is C29H54N2O2. The summed E-state index contributed by atoms with van der Waals surface area (Å²) in [6.07, 6.45) is 4.82. The first-order valence-corrected chi connectivity index (χ1v) is 12.8. The Hall–Kier alpha value is -1.68. The molecule has 4 nitrogen and oxygen atoms in total. The largest absolute Gasteiger partial charge is 0.396 e. The molecule has 1 aromatic rings. The lowest BCUT2D eigenvalue weighted by molar-refractivity contribution is -0.115. The van der Waals surface area contributed by atoms with Crippen LogP contribution in [0.25, 0.3) is 0 Å². The SMILES string of the molecule is C=C(C=Nc1cc(C(C)(C)C)n(C)c1C)C(=O)CCCCC(CO)C(C)C.CC.CC(C)C. The van der Waals surface area contributed by atoms with E-state index < -0.39 is 0 Å². The van der Waals surface area contributed by atoms with Crippen molar-refractivity contribution in [3.05, 3.63) is 29.6 Å². The van der Waals surface area contributed by atoms with E-state index in [2.05, 4.69) is 77.6 Å². The third-order valence-electron chi connectivity index (χ3n) is 5.40. The molecule has 1 rings (SSSR count). The highest BCUT2D eigenvalue weighted by Crippen LogP contribution is 2.30. The monoisotopic (exact) mass is 462 g/mol. The molecule has 4 heteroatoms. The lowest BCUT2D eigenvalue weighted by Crippen LogP contribution is -2.16. The van der Waals surface area contributed by atoms with Gasteiger partial charge in [0.1, 0.15) is 0 Å². The maximum atomic E-state index is 12.3. The standard InChI is InChI=1S/C23H38N2O2.C4H10.C2H6/c1-16(2)19(15-26)11-9-10-12-21(27)17(3)14-24-20-13-22(23(5,6)7)25(8)18(20)4;1-4(2)3;1-2/h13-14,16,19,26H,3,9-12,15H2,1-2,4-8H3;4H,1-3H3;1-2H3. The summed E-state index contributed by atoms with van der Waals surface area (Å²) in [6.45, 7) is 27.4. The highest BCUT2D eigenvalue weighted by molar-refractivity contribution is 6.13. The average molecular weight is 463 g/mol. The van der Waals surface area contributed by atoms with Gasteiger partial charge >= 0.3 is 0 Å². The second kappa shape index (κ2) is 16.9. The number of hydrogen-bond donors (Lipinski definition) is 1. The Bertz CT molecular complexity index is 716. The van der Waals surface area contributed by atoms with Crippen molar-refractivity contribution in [2.24, 2.45) is 29.8 Å². The van der Waals surface area contributed by atoms with Crippen molar-refractivity contribution in [3.63, 3.8) is 0 Å². The summed E-state index contributed by atoms with van der Waals surface area (Å²) in [5.74, 6) is 1.68. The number of aliphatic hydroxyl groups is 1. The molecule has 1 N–H and O–H groups in total. The Kier molecular flexibility index (Phi) is 17.1. The van der Waals surface area contributed by atoms with E-state index in [1.165, 1.54) is 5.69 Å². The molecule has 1 unspecified atom stereocenters. The average Bonchev–Trinajstić information content (AvgIpc) is 3.01. The van der Waals surface area contributed by atoms with Crippen LogP contribution in [0.2, 0.25) is 0 Å². The minimum absolute atomic E-state index is 0.0442. The van der Waals surface area contributed by atoms with Crippen molar-refractivity contribution in [3.8, 4) is 0 Å². The molecular weight excluding hydrogens is 408 g/mol. The zero-order valence-electron chi connectivity index (χ0n) is 23.9. The third kappa shape index (κ3) is 13.6. The molecule has 0 saturated carbocycles. The number of nitrogens with zero attached hydrogens (tertiary/aromatic N) is 2. The van der Waals surface area contributed by atoms with Crippen LogP contribution in [0.1, 0.15) is 106 Å². The molecule has 0 aliphatic rings. The number of carbonyl (C=O) groups excluding carboxylic acids is 1. The third-order valence-corrected chi connectivity index (χ3v) is 5.40. The first-order valence-electron chi connectivity index (χ1n) is 12.8. The number of aromatic nitrogens is 1. The lowest BCUT2D eigenvalue weighted by Gasteiger charge is -2.19. The van der Waals surface area contributed by atoms with Gasteiger partial charge in [-0.1, -0.05) is 82.2 Å². The molecule has 0 aromatic carbocycles. The number of Topliss-reactive ketones (excluding diaryl/α,β-unsaturated/α-hetero) is 1. The molecule has 0 aliphatic heterocycles. The van der Waals surface area contributed by atoms with Crippen LogP contribution in [0, 0.1) is 24.7 Å². The van der Waals surface area contributed by atoms with Crippen molar-refractivity contribution >= 4 is 17.7 Å². The molecule has 0 spiro atoms. The van der Waals surface area contributed by atoms with E-state index in [1.807, 2.05) is 27.8 Å².